The molecule has 1 rings (SSSR count). The zero-order valence-electron chi connectivity index (χ0n) is 13.9. The van der Waals surface area contributed by atoms with E-state index in [1.807, 2.05) is 0 Å². The molecule has 0 aliphatic carbocycles. The van der Waals surface area contributed by atoms with E-state index in [1.165, 1.54) is 4.90 Å². The maximum Gasteiger partial charge on any atom is 0.241 e. The minimum atomic E-state index is -0.532. The minimum absolute atomic E-state index is 0. The molecule has 0 aromatic heterocycles. The Labute approximate surface area is 157 Å². The van der Waals surface area contributed by atoms with E-state index in [0.717, 1.165) is 18.2 Å². The molecule has 6 nitrogen and oxygen atoms in total. The first-order valence-electron chi connectivity index (χ1n) is 7.09. The van der Waals surface area contributed by atoms with Crippen LogP contribution < -0.4 is 10.6 Å². The first kappa shape index (κ1) is 22.5. The summed E-state index contributed by atoms with van der Waals surface area (Å²) < 4.78 is 31.7. The number of halogens is 3. The van der Waals surface area contributed by atoms with Crippen LogP contribution in [0.3, 0.4) is 0 Å². The van der Waals surface area contributed by atoms with Crippen molar-refractivity contribution < 1.29 is 18.3 Å². The van der Waals surface area contributed by atoms with Crippen LogP contribution in [0.15, 0.2) is 23.2 Å². The average molecular weight is 456 g/mol. The Hall–Kier alpha value is -1.49. The van der Waals surface area contributed by atoms with Crippen molar-refractivity contribution in [1.82, 2.24) is 15.5 Å². The maximum absolute atomic E-state index is 13.6. The van der Waals surface area contributed by atoms with Crippen LogP contribution in [0.2, 0.25) is 0 Å². The Bertz CT molecular complexity index is 556. The second kappa shape index (κ2) is 12.0. The van der Waals surface area contributed by atoms with Gasteiger partial charge < -0.3 is 20.3 Å². The fourth-order valence-electron chi connectivity index (χ4n) is 1.59. The van der Waals surface area contributed by atoms with Gasteiger partial charge in [-0.2, -0.15) is 0 Å². The highest BCUT2D eigenvalue weighted by Crippen LogP contribution is 2.10. The predicted octanol–water partition coefficient (Wildman–Crippen LogP) is 1.35. The van der Waals surface area contributed by atoms with E-state index in [2.05, 4.69) is 15.6 Å². The maximum atomic E-state index is 13.6. The molecular formula is C15H23F2IN4O2. The fraction of sp³-hybridized carbons (Fsp3) is 0.467. The van der Waals surface area contributed by atoms with E-state index in [0.29, 0.717) is 19.1 Å². The Kier molecular flexibility index (Phi) is 11.2. The van der Waals surface area contributed by atoms with Crippen LogP contribution in [0.25, 0.3) is 0 Å². The van der Waals surface area contributed by atoms with E-state index < -0.39 is 11.6 Å². The molecule has 24 heavy (non-hydrogen) atoms. The van der Waals surface area contributed by atoms with E-state index >= 15 is 0 Å². The number of nitrogens with one attached hydrogen (secondary N) is 2. The molecule has 1 aromatic rings. The minimum Gasteiger partial charge on any atom is -0.383 e. The number of aliphatic imine (C=N–C) groups is 1. The lowest BCUT2D eigenvalue weighted by molar-refractivity contribution is -0.127. The molecule has 136 valence electrons. The van der Waals surface area contributed by atoms with Crippen molar-refractivity contribution >= 4 is 35.8 Å². The van der Waals surface area contributed by atoms with Crippen LogP contribution in [0.5, 0.6) is 0 Å². The van der Waals surface area contributed by atoms with E-state index in [1.54, 1.807) is 21.2 Å². The zero-order chi connectivity index (χ0) is 17.2. The number of ether oxygens (including phenoxy) is 1. The number of rotatable bonds is 7. The lowest BCUT2D eigenvalue weighted by Crippen LogP contribution is -2.43. The summed E-state index contributed by atoms with van der Waals surface area (Å²) in [6.45, 7) is 0.889. The molecule has 2 N–H and O–H groups in total. The molecule has 0 fully saturated rings. The number of carbonyl (C=O) groups is 1. The second-order valence-electron chi connectivity index (χ2n) is 4.96. The number of hydrogen-bond acceptors (Lipinski definition) is 3. The molecule has 1 aromatic carbocycles. The molecule has 0 heterocycles. The van der Waals surface area contributed by atoms with Crippen molar-refractivity contribution in [1.29, 1.82) is 0 Å². The molecule has 0 spiro atoms. The van der Waals surface area contributed by atoms with Gasteiger partial charge in [-0.1, -0.05) is 0 Å². The highest BCUT2D eigenvalue weighted by molar-refractivity contribution is 14.0. The number of methoxy groups -OCH3 is 1. The molecule has 0 atom stereocenters. The second-order valence-corrected chi connectivity index (χ2v) is 4.96. The number of hydrogen-bond donors (Lipinski definition) is 2. The highest BCUT2D eigenvalue weighted by atomic mass is 127. The van der Waals surface area contributed by atoms with Gasteiger partial charge in [0.2, 0.25) is 5.91 Å². The molecule has 0 saturated carbocycles. The van der Waals surface area contributed by atoms with Crippen LogP contribution in [-0.2, 0) is 16.1 Å². The van der Waals surface area contributed by atoms with E-state index in [-0.39, 0.29) is 48.5 Å². The van der Waals surface area contributed by atoms with Crippen LogP contribution in [0.4, 0.5) is 8.78 Å². The smallest absolute Gasteiger partial charge is 0.241 e. The summed E-state index contributed by atoms with van der Waals surface area (Å²) in [5, 5.41) is 5.79. The summed E-state index contributed by atoms with van der Waals surface area (Å²) in [6, 6.07) is 3.20. The van der Waals surface area contributed by atoms with Gasteiger partial charge in [-0.25, -0.2) is 13.8 Å². The molecule has 0 saturated heterocycles. The van der Waals surface area contributed by atoms with Crippen LogP contribution in [0, 0.1) is 11.6 Å². The highest BCUT2D eigenvalue weighted by Gasteiger charge is 2.07. The summed E-state index contributed by atoms with van der Waals surface area (Å²) in [4.78, 5) is 17.2. The summed E-state index contributed by atoms with van der Waals surface area (Å²) in [5.74, 6) is -0.874. The van der Waals surface area contributed by atoms with Gasteiger partial charge in [0.15, 0.2) is 5.96 Å². The van der Waals surface area contributed by atoms with Crippen molar-refractivity contribution in [2.45, 2.75) is 6.54 Å². The Morgan fingerprint density at radius 1 is 1.29 bits per heavy atom. The normalized spacial score (nSPS) is 10.8. The number of amides is 1. The van der Waals surface area contributed by atoms with Crippen molar-refractivity contribution in [3.63, 3.8) is 0 Å². The van der Waals surface area contributed by atoms with Gasteiger partial charge >= 0.3 is 0 Å². The SMILES string of the molecule is COCCNC(=NCc1cc(F)ccc1F)NCC(=O)N(C)C.I. The van der Waals surface area contributed by atoms with Crippen LogP contribution >= 0.6 is 24.0 Å². The topological polar surface area (TPSA) is 66.0 Å². The Morgan fingerprint density at radius 2 is 2.00 bits per heavy atom. The lowest BCUT2D eigenvalue weighted by Gasteiger charge is -2.15. The first-order chi connectivity index (χ1) is 10.9. The van der Waals surface area contributed by atoms with Crippen LogP contribution in [0.1, 0.15) is 5.56 Å². The average Bonchev–Trinajstić information content (AvgIpc) is 2.52. The monoisotopic (exact) mass is 456 g/mol. The van der Waals surface area contributed by atoms with Crippen molar-refractivity contribution in [2.24, 2.45) is 4.99 Å². The summed E-state index contributed by atoms with van der Waals surface area (Å²) in [6.07, 6.45) is 0. The van der Waals surface area contributed by atoms with Crippen molar-refractivity contribution in [3.05, 3.63) is 35.4 Å². The summed E-state index contributed by atoms with van der Waals surface area (Å²) in [5.41, 5.74) is 0.136. The zero-order valence-corrected chi connectivity index (χ0v) is 16.3. The largest absolute Gasteiger partial charge is 0.383 e. The fourth-order valence-corrected chi connectivity index (χ4v) is 1.59. The summed E-state index contributed by atoms with van der Waals surface area (Å²) in [7, 11) is 4.84. The molecule has 1 amide bonds. The molecule has 0 radical (unpaired) electrons. The lowest BCUT2D eigenvalue weighted by atomic mass is 10.2. The van der Waals surface area contributed by atoms with Gasteiger partial charge in [0.05, 0.1) is 19.7 Å². The summed E-state index contributed by atoms with van der Waals surface area (Å²) >= 11 is 0. The quantitative estimate of drug-likeness (QED) is 0.282. The van der Waals surface area contributed by atoms with Crippen molar-refractivity contribution in [2.75, 3.05) is 40.9 Å². The molecule has 0 aliphatic heterocycles. The number of carbonyl (C=O) groups excluding carboxylic acids is 1. The Balaban J connectivity index is 0.00000529. The van der Waals surface area contributed by atoms with E-state index in [9.17, 15) is 13.6 Å². The number of guanidine groups is 1. The molecule has 0 unspecified atom stereocenters. The standard InChI is InChI=1S/C15H22F2N4O2.HI/c1-21(2)14(22)10-20-15(18-6-7-23-3)19-9-11-8-12(16)4-5-13(11)17;/h4-5,8H,6-7,9-10H2,1-3H3,(H2,18,19,20);1H. The predicted molar refractivity (Wildman–Crippen MR) is 99.5 cm³/mol. The Morgan fingerprint density at radius 3 is 2.62 bits per heavy atom. The number of likely N-dealkylation sites (N-methyl/N-ethyl adjacent to an activating group) is 1. The third kappa shape index (κ3) is 8.39. The van der Waals surface area contributed by atoms with E-state index in [4.69, 9.17) is 4.74 Å². The van der Waals surface area contributed by atoms with Gasteiger partial charge in [0.25, 0.3) is 0 Å². The van der Waals surface area contributed by atoms with Gasteiger partial charge in [-0.3, -0.25) is 4.79 Å². The number of benzene rings is 1. The molecule has 0 aliphatic rings. The molecule has 0 bridgehead atoms. The van der Waals surface area contributed by atoms with Crippen LogP contribution in [-0.4, -0.2) is 57.7 Å². The third-order valence-corrected chi connectivity index (χ3v) is 2.92. The van der Waals surface area contributed by atoms with Gasteiger partial charge in [-0.15, -0.1) is 24.0 Å². The first-order valence-corrected chi connectivity index (χ1v) is 7.09. The van der Waals surface area contributed by atoms with Crippen molar-refractivity contribution in [3.8, 4) is 0 Å². The van der Waals surface area contributed by atoms with Gasteiger partial charge in [0.1, 0.15) is 11.6 Å². The molecular weight excluding hydrogens is 433 g/mol. The van der Waals surface area contributed by atoms with Gasteiger partial charge in [0, 0.05) is 33.3 Å². The van der Waals surface area contributed by atoms with Gasteiger partial charge in [-0.05, 0) is 18.2 Å². The molecule has 9 heteroatoms. The third-order valence-electron chi connectivity index (χ3n) is 2.92. The number of nitrogens with zero attached hydrogens (tertiary/aromatic N) is 2.